The number of nitrogens with zero attached hydrogens (tertiary/aromatic N) is 3. The molecule has 1 aliphatic heterocycles. The number of para-hydroxylation sites is 2. The first kappa shape index (κ1) is 12.4. The van der Waals surface area contributed by atoms with Gasteiger partial charge in [-0.3, -0.25) is 0 Å². The highest BCUT2D eigenvalue weighted by Gasteiger charge is 2.19. The van der Waals surface area contributed by atoms with Crippen LogP contribution in [0, 0.1) is 0 Å². The minimum atomic E-state index is 0.787. The molecule has 5 rings (SSSR count). The van der Waals surface area contributed by atoms with E-state index < -0.39 is 0 Å². The zero-order valence-electron chi connectivity index (χ0n) is 12.6. The summed E-state index contributed by atoms with van der Waals surface area (Å²) in [6.45, 7) is 0. The normalized spacial score (nSPS) is 13.2. The Kier molecular flexibility index (Phi) is 2.39. The van der Waals surface area contributed by atoms with E-state index in [4.69, 9.17) is 9.98 Å². The molecule has 1 aromatic heterocycles. The van der Waals surface area contributed by atoms with Crippen molar-refractivity contribution in [3.05, 3.63) is 66.5 Å². The third-order valence-electron chi connectivity index (χ3n) is 4.37. The molecule has 1 aliphatic rings. The van der Waals surface area contributed by atoms with Gasteiger partial charge in [0, 0.05) is 18.1 Å². The molecule has 4 nitrogen and oxygen atoms in total. The number of hydrogen-bond acceptors (Lipinski definition) is 3. The molecule has 0 aliphatic carbocycles. The Hall–Kier alpha value is -3.14. The Bertz CT molecular complexity index is 1100. The first-order chi connectivity index (χ1) is 11.3. The second kappa shape index (κ2) is 4.43. The number of benzene rings is 3. The molecular weight excluding hydrogens is 284 g/mol. The van der Waals surface area contributed by atoms with Gasteiger partial charge in [0.1, 0.15) is 0 Å². The number of imidazole rings is 1. The first-order valence-electron chi connectivity index (χ1n) is 7.60. The van der Waals surface area contributed by atoms with Crippen LogP contribution < -0.4 is 5.32 Å². The summed E-state index contributed by atoms with van der Waals surface area (Å²) in [5, 5.41) is 5.81. The zero-order valence-corrected chi connectivity index (χ0v) is 12.6. The molecular formula is C19H14N4. The largest absolute Gasteiger partial charge is 0.337 e. The van der Waals surface area contributed by atoms with Crippen LogP contribution in [0.3, 0.4) is 0 Å². The van der Waals surface area contributed by atoms with E-state index in [1.807, 2.05) is 31.3 Å². The van der Waals surface area contributed by atoms with Gasteiger partial charge in [-0.1, -0.05) is 36.4 Å². The maximum atomic E-state index is 4.81. The molecule has 0 atom stereocenters. The van der Waals surface area contributed by atoms with Gasteiger partial charge in [0.2, 0.25) is 0 Å². The lowest BCUT2D eigenvalue weighted by Gasteiger charge is -2.18. The molecule has 0 spiro atoms. The maximum absolute atomic E-state index is 4.81. The Morgan fingerprint density at radius 2 is 1.74 bits per heavy atom. The third-order valence-corrected chi connectivity index (χ3v) is 4.37. The van der Waals surface area contributed by atoms with E-state index in [9.17, 15) is 0 Å². The highest BCUT2D eigenvalue weighted by atomic mass is 15.1. The molecule has 0 amide bonds. The Morgan fingerprint density at radius 1 is 0.913 bits per heavy atom. The molecule has 0 saturated carbocycles. The summed E-state index contributed by atoms with van der Waals surface area (Å²) in [5.41, 5.74) is 4.14. The number of fused-ring (bicyclic) bond motifs is 1. The van der Waals surface area contributed by atoms with Crippen molar-refractivity contribution in [2.75, 3.05) is 5.32 Å². The van der Waals surface area contributed by atoms with Gasteiger partial charge in [0.05, 0.1) is 16.7 Å². The molecule has 4 aromatic rings. The van der Waals surface area contributed by atoms with Crippen LogP contribution >= 0.6 is 0 Å². The van der Waals surface area contributed by atoms with Gasteiger partial charge in [-0.25, -0.2) is 9.98 Å². The Morgan fingerprint density at radius 3 is 2.61 bits per heavy atom. The summed E-state index contributed by atoms with van der Waals surface area (Å²) in [6, 6.07) is 20.6. The van der Waals surface area contributed by atoms with Crippen molar-refractivity contribution in [3.8, 4) is 0 Å². The molecule has 4 heteroatoms. The molecule has 0 bridgehead atoms. The van der Waals surface area contributed by atoms with E-state index in [1.54, 1.807) is 0 Å². The van der Waals surface area contributed by atoms with E-state index in [-0.39, 0.29) is 0 Å². The van der Waals surface area contributed by atoms with Crippen LogP contribution in [0.4, 0.5) is 11.4 Å². The summed E-state index contributed by atoms with van der Waals surface area (Å²) in [5.74, 6) is 1.63. The number of aryl methyl sites for hydroxylation is 1. The van der Waals surface area contributed by atoms with Gasteiger partial charge in [-0.15, -0.1) is 0 Å². The van der Waals surface area contributed by atoms with Gasteiger partial charge < -0.3 is 9.88 Å². The van der Waals surface area contributed by atoms with Crippen molar-refractivity contribution in [2.45, 2.75) is 0 Å². The van der Waals surface area contributed by atoms with E-state index in [2.05, 4.69) is 46.3 Å². The fourth-order valence-corrected chi connectivity index (χ4v) is 3.26. The average Bonchev–Trinajstić information content (AvgIpc) is 2.93. The van der Waals surface area contributed by atoms with Crippen molar-refractivity contribution in [1.29, 1.82) is 0 Å². The molecule has 110 valence electrons. The quantitative estimate of drug-likeness (QED) is 0.571. The van der Waals surface area contributed by atoms with Crippen molar-refractivity contribution in [1.82, 2.24) is 9.55 Å². The molecule has 2 heterocycles. The summed E-state index contributed by atoms with van der Waals surface area (Å²) in [4.78, 5) is 9.55. The highest BCUT2D eigenvalue weighted by molar-refractivity contribution is 6.18. The van der Waals surface area contributed by atoms with Crippen molar-refractivity contribution < 1.29 is 0 Å². The standard InChI is InChI=1S/C19H14N4/c1-23-16-11-3-2-8-13(16)22-19(23)18-20-14-9-4-6-12-7-5-10-15(21-18)17(12)14/h2-11H,1H3,(H,20,21). The monoisotopic (exact) mass is 298 g/mol. The number of amidine groups is 1. The Labute approximate surface area is 133 Å². The molecule has 0 fully saturated rings. The predicted molar refractivity (Wildman–Crippen MR) is 94.5 cm³/mol. The van der Waals surface area contributed by atoms with E-state index in [0.29, 0.717) is 0 Å². The summed E-state index contributed by atoms with van der Waals surface area (Å²) in [6.07, 6.45) is 0. The van der Waals surface area contributed by atoms with Gasteiger partial charge in [-0.2, -0.15) is 0 Å². The van der Waals surface area contributed by atoms with Crippen molar-refractivity contribution in [2.24, 2.45) is 12.0 Å². The van der Waals surface area contributed by atoms with Crippen LogP contribution in [0.1, 0.15) is 5.82 Å². The second-order valence-electron chi connectivity index (χ2n) is 5.75. The predicted octanol–water partition coefficient (Wildman–Crippen LogP) is 4.23. The van der Waals surface area contributed by atoms with E-state index in [1.165, 1.54) is 5.39 Å². The number of aromatic nitrogens is 2. The van der Waals surface area contributed by atoms with Gasteiger partial charge in [-0.05, 0) is 29.7 Å². The SMILES string of the molecule is Cn1c(C2=Nc3cccc4cccc(c34)N2)nc2ccccc21. The van der Waals surface area contributed by atoms with Crippen LogP contribution in [0.5, 0.6) is 0 Å². The Balaban J connectivity index is 1.77. The third kappa shape index (κ3) is 1.72. The molecule has 23 heavy (non-hydrogen) atoms. The smallest absolute Gasteiger partial charge is 0.177 e. The minimum absolute atomic E-state index is 0.787. The zero-order chi connectivity index (χ0) is 15.4. The molecule has 1 N–H and O–H groups in total. The molecule has 0 saturated heterocycles. The second-order valence-corrected chi connectivity index (χ2v) is 5.75. The number of rotatable bonds is 1. The highest BCUT2D eigenvalue weighted by Crippen LogP contribution is 2.36. The lowest BCUT2D eigenvalue weighted by Crippen LogP contribution is -2.20. The van der Waals surface area contributed by atoms with Crippen LogP contribution in [0.2, 0.25) is 0 Å². The van der Waals surface area contributed by atoms with Crippen LogP contribution in [-0.4, -0.2) is 15.4 Å². The molecule has 0 unspecified atom stereocenters. The molecule has 0 radical (unpaired) electrons. The lowest BCUT2D eigenvalue weighted by atomic mass is 10.1. The number of hydrogen-bond donors (Lipinski definition) is 1. The van der Waals surface area contributed by atoms with Gasteiger partial charge in [0.15, 0.2) is 11.7 Å². The maximum Gasteiger partial charge on any atom is 0.177 e. The fourth-order valence-electron chi connectivity index (χ4n) is 3.26. The van der Waals surface area contributed by atoms with Crippen LogP contribution in [0.25, 0.3) is 21.8 Å². The summed E-state index contributed by atoms with van der Waals surface area (Å²) >= 11 is 0. The van der Waals surface area contributed by atoms with E-state index >= 15 is 0 Å². The average molecular weight is 298 g/mol. The number of anilines is 1. The summed E-state index contributed by atoms with van der Waals surface area (Å²) < 4.78 is 2.08. The first-order valence-corrected chi connectivity index (χ1v) is 7.60. The number of nitrogens with one attached hydrogen (secondary N) is 1. The summed E-state index contributed by atoms with van der Waals surface area (Å²) in [7, 11) is 2.02. The van der Waals surface area contributed by atoms with Crippen molar-refractivity contribution >= 4 is 39.0 Å². The van der Waals surface area contributed by atoms with Crippen LogP contribution in [-0.2, 0) is 7.05 Å². The van der Waals surface area contributed by atoms with Crippen LogP contribution in [0.15, 0.2) is 65.7 Å². The van der Waals surface area contributed by atoms with E-state index in [0.717, 1.165) is 39.5 Å². The van der Waals surface area contributed by atoms with Gasteiger partial charge in [0.25, 0.3) is 0 Å². The molecule has 3 aromatic carbocycles. The fraction of sp³-hybridized carbons (Fsp3) is 0.0526. The van der Waals surface area contributed by atoms with Crippen molar-refractivity contribution in [3.63, 3.8) is 0 Å². The lowest BCUT2D eigenvalue weighted by molar-refractivity contribution is 0.928. The number of aliphatic imine (C=N–C) groups is 1. The van der Waals surface area contributed by atoms with Gasteiger partial charge >= 0.3 is 0 Å². The minimum Gasteiger partial charge on any atom is -0.337 e. The topological polar surface area (TPSA) is 42.2 Å².